The van der Waals surface area contributed by atoms with Gasteiger partial charge in [-0.1, -0.05) is 0 Å². The van der Waals surface area contributed by atoms with E-state index in [1.54, 1.807) is 24.4 Å². The Balaban J connectivity index is 2.17. The van der Waals surface area contributed by atoms with E-state index in [-0.39, 0.29) is 5.91 Å². The van der Waals surface area contributed by atoms with E-state index in [0.717, 1.165) is 17.0 Å². The predicted molar refractivity (Wildman–Crippen MR) is 84.1 cm³/mol. The summed E-state index contributed by atoms with van der Waals surface area (Å²) in [5.74, 6) is 0.892. The molecule has 1 heterocycles. The van der Waals surface area contributed by atoms with Gasteiger partial charge in [0.15, 0.2) is 0 Å². The van der Waals surface area contributed by atoms with Gasteiger partial charge in [0.05, 0.1) is 12.5 Å². The quantitative estimate of drug-likeness (QED) is 0.855. The first-order chi connectivity index (χ1) is 10.1. The van der Waals surface area contributed by atoms with Gasteiger partial charge < -0.3 is 10.1 Å². The lowest BCUT2D eigenvalue weighted by atomic mass is 10.1. The summed E-state index contributed by atoms with van der Waals surface area (Å²) in [6.45, 7) is 4.34. The van der Waals surface area contributed by atoms with Crippen LogP contribution < -0.4 is 10.1 Å². The fourth-order valence-corrected chi connectivity index (χ4v) is 2.16. The molecule has 0 unspecified atom stereocenters. The number of aromatic nitrogens is 1. The van der Waals surface area contributed by atoms with Crippen LogP contribution in [0.4, 0.5) is 5.69 Å². The second-order valence-corrected chi connectivity index (χ2v) is 4.80. The average molecular weight is 305 g/mol. The molecular weight excluding hydrogens is 288 g/mol. The number of nitrogens with one attached hydrogen (secondary N) is 1. The lowest BCUT2D eigenvalue weighted by Gasteiger charge is -2.11. The van der Waals surface area contributed by atoms with Gasteiger partial charge in [0.25, 0.3) is 5.91 Å². The van der Waals surface area contributed by atoms with Crippen LogP contribution in [-0.2, 0) is 5.88 Å². The van der Waals surface area contributed by atoms with Gasteiger partial charge in [0.1, 0.15) is 5.75 Å². The molecule has 4 nitrogen and oxygen atoms in total. The van der Waals surface area contributed by atoms with Crippen LogP contribution in [0.5, 0.6) is 5.75 Å². The minimum Gasteiger partial charge on any atom is -0.494 e. The van der Waals surface area contributed by atoms with Gasteiger partial charge in [-0.25, -0.2) is 0 Å². The number of carbonyl (C=O) groups excluding carboxylic acids is 1. The molecule has 0 aliphatic carbocycles. The molecule has 0 saturated heterocycles. The fourth-order valence-electron chi connectivity index (χ4n) is 1.95. The summed E-state index contributed by atoms with van der Waals surface area (Å²) in [6.07, 6.45) is 1.62. The van der Waals surface area contributed by atoms with E-state index in [4.69, 9.17) is 16.3 Å². The number of rotatable bonds is 5. The first kappa shape index (κ1) is 15.3. The van der Waals surface area contributed by atoms with Crippen LogP contribution in [0, 0.1) is 6.92 Å². The Morgan fingerprint density at radius 3 is 2.81 bits per heavy atom. The largest absolute Gasteiger partial charge is 0.494 e. The van der Waals surface area contributed by atoms with E-state index < -0.39 is 0 Å². The molecule has 0 saturated carbocycles. The summed E-state index contributed by atoms with van der Waals surface area (Å²) in [7, 11) is 0. The molecule has 1 aromatic heterocycles. The van der Waals surface area contributed by atoms with Crippen molar-refractivity contribution in [3.8, 4) is 5.75 Å². The highest BCUT2D eigenvalue weighted by molar-refractivity contribution is 6.17. The summed E-state index contributed by atoms with van der Waals surface area (Å²) in [5, 5.41) is 2.85. The van der Waals surface area contributed by atoms with E-state index in [9.17, 15) is 4.79 Å². The number of anilines is 1. The number of hydrogen-bond acceptors (Lipinski definition) is 3. The van der Waals surface area contributed by atoms with Crippen LogP contribution in [0.15, 0.2) is 36.5 Å². The number of aryl methyl sites for hydroxylation is 1. The molecule has 0 bridgehead atoms. The molecular formula is C16H17ClN2O2. The highest BCUT2D eigenvalue weighted by Gasteiger charge is 2.09. The lowest BCUT2D eigenvalue weighted by Crippen LogP contribution is -2.12. The van der Waals surface area contributed by atoms with E-state index in [1.807, 2.05) is 26.0 Å². The maximum absolute atomic E-state index is 12.2. The molecule has 1 aromatic carbocycles. The zero-order chi connectivity index (χ0) is 15.2. The Labute approximate surface area is 129 Å². The number of hydrogen-bond donors (Lipinski definition) is 1. The number of benzene rings is 1. The van der Waals surface area contributed by atoms with E-state index in [0.29, 0.717) is 23.7 Å². The Hall–Kier alpha value is -2.07. The molecule has 0 atom stereocenters. The Morgan fingerprint density at radius 1 is 1.33 bits per heavy atom. The zero-order valence-electron chi connectivity index (χ0n) is 12.0. The third-order valence-corrected chi connectivity index (χ3v) is 3.21. The number of nitrogens with zero attached hydrogens (tertiary/aromatic N) is 1. The zero-order valence-corrected chi connectivity index (χ0v) is 12.8. The van der Waals surface area contributed by atoms with Gasteiger partial charge in [-0.05, 0) is 44.2 Å². The molecule has 110 valence electrons. The minimum absolute atomic E-state index is 0.176. The summed E-state index contributed by atoms with van der Waals surface area (Å²) in [6, 6.07) is 8.86. The normalized spacial score (nSPS) is 10.2. The van der Waals surface area contributed by atoms with Crippen LogP contribution in [0.2, 0.25) is 0 Å². The second kappa shape index (κ2) is 7.09. The van der Waals surface area contributed by atoms with Crippen molar-refractivity contribution in [2.24, 2.45) is 0 Å². The average Bonchev–Trinajstić information content (AvgIpc) is 2.49. The third kappa shape index (κ3) is 3.95. The fraction of sp³-hybridized carbons (Fsp3) is 0.250. The standard InChI is InChI=1S/C16H17ClN2O2/c1-3-21-15-5-4-14(9-13(15)10-17)19-16(20)12-6-7-18-11(2)8-12/h4-9H,3,10H2,1-2H3,(H,19,20). The molecule has 5 heteroatoms. The first-order valence-corrected chi connectivity index (χ1v) is 7.23. The van der Waals surface area contributed by atoms with Crippen LogP contribution in [0.3, 0.4) is 0 Å². The lowest BCUT2D eigenvalue weighted by molar-refractivity contribution is 0.102. The molecule has 0 radical (unpaired) electrons. The third-order valence-electron chi connectivity index (χ3n) is 2.92. The van der Waals surface area contributed by atoms with Gasteiger partial charge in [0, 0.05) is 28.7 Å². The van der Waals surface area contributed by atoms with Crippen molar-refractivity contribution < 1.29 is 9.53 Å². The topological polar surface area (TPSA) is 51.2 Å². The Kier molecular flexibility index (Phi) is 5.17. The molecule has 2 rings (SSSR count). The summed E-state index contributed by atoms with van der Waals surface area (Å²) >= 11 is 5.91. The van der Waals surface area contributed by atoms with Gasteiger partial charge in [-0.3, -0.25) is 9.78 Å². The van der Waals surface area contributed by atoms with Crippen molar-refractivity contribution in [2.75, 3.05) is 11.9 Å². The van der Waals surface area contributed by atoms with Gasteiger partial charge in [-0.15, -0.1) is 11.6 Å². The number of pyridine rings is 1. The Morgan fingerprint density at radius 2 is 2.14 bits per heavy atom. The van der Waals surface area contributed by atoms with Crippen molar-refractivity contribution in [3.05, 3.63) is 53.3 Å². The molecule has 0 aliphatic rings. The Bertz CT molecular complexity index is 644. The van der Waals surface area contributed by atoms with Gasteiger partial charge in [-0.2, -0.15) is 0 Å². The maximum Gasteiger partial charge on any atom is 0.255 e. The van der Waals surface area contributed by atoms with Crippen LogP contribution in [0.25, 0.3) is 0 Å². The highest BCUT2D eigenvalue weighted by Crippen LogP contribution is 2.25. The minimum atomic E-state index is -0.176. The highest BCUT2D eigenvalue weighted by atomic mass is 35.5. The van der Waals surface area contributed by atoms with Gasteiger partial charge in [0.2, 0.25) is 0 Å². The molecule has 1 N–H and O–H groups in total. The smallest absolute Gasteiger partial charge is 0.255 e. The maximum atomic E-state index is 12.2. The first-order valence-electron chi connectivity index (χ1n) is 6.69. The summed E-state index contributed by atoms with van der Waals surface area (Å²) in [4.78, 5) is 16.2. The second-order valence-electron chi connectivity index (χ2n) is 4.53. The van der Waals surface area contributed by atoms with Crippen molar-refractivity contribution in [3.63, 3.8) is 0 Å². The molecule has 2 aromatic rings. The summed E-state index contributed by atoms with van der Waals surface area (Å²) in [5.41, 5.74) is 2.91. The summed E-state index contributed by atoms with van der Waals surface area (Å²) < 4.78 is 5.48. The number of alkyl halides is 1. The number of ether oxygens (including phenoxy) is 1. The molecule has 0 aliphatic heterocycles. The SMILES string of the molecule is CCOc1ccc(NC(=O)c2ccnc(C)c2)cc1CCl. The van der Waals surface area contributed by atoms with Crippen LogP contribution in [0.1, 0.15) is 28.5 Å². The number of carbonyl (C=O) groups is 1. The molecule has 0 fully saturated rings. The van der Waals surface area contributed by atoms with Crippen molar-refractivity contribution >= 4 is 23.2 Å². The number of halogens is 1. The van der Waals surface area contributed by atoms with Crippen molar-refractivity contribution in [1.29, 1.82) is 0 Å². The molecule has 1 amide bonds. The van der Waals surface area contributed by atoms with Crippen LogP contribution >= 0.6 is 11.6 Å². The molecule has 21 heavy (non-hydrogen) atoms. The van der Waals surface area contributed by atoms with E-state index >= 15 is 0 Å². The monoisotopic (exact) mass is 304 g/mol. The van der Waals surface area contributed by atoms with E-state index in [2.05, 4.69) is 10.3 Å². The van der Waals surface area contributed by atoms with Gasteiger partial charge >= 0.3 is 0 Å². The number of amides is 1. The molecule has 0 spiro atoms. The van der Waals surface area contributed by atoms with E-state index in [1.165, 1.54) is 0 Å². The van der Waals surface area contributed by atoms with Crippen LogP contribution in [-0.4, -0.2) is 17.5 Å². The van der Waals surface area contributed by atoms with Crippen molar-refractivity contribution in [2.45, 2.75) is 19.7 Å². The predicted octanol–water partition coefficient (Wildman–Crippen LogP) is 3.78. The van der Waals surface area contributed by atoms with Crippen molar-refractivity contribution in [1.82, 2.24) is 4.98 Å².